The number of methoxy groups -OCH3 is 2. The summed E-state index contributed by atoms with van der Waals surface area (Å²) in [5, 5.41) is 5.86. The molecule has 0 spiro atoms. The van der Waals surface area contributed by atoms with Crippen molar-refractivity contribution < 1.29 is 14.3 Å². The first-order valence-electron chi connectivity index (χ1n) is 9.03. The Morgan fingerprint density at radius 3 is 2.69 bits per heavy atom. The number of nitrogens with one attached hydrogen (secondary N) is 1. The number of ether oxygens (including phenoxy) is 2. The van der Waals surface area contributed by atoms with Crippen LogP contribution in [0.25, 0.3) is 10.6 Å². The molecule has 0 saturated carbocycles. The Morgan fingerprint density at radius 1 is 1.23 bits per heavy atom. The van der Waals surface area contributed by atoms with E-state index >= 15 is 0 Å². The summed E-state index contributed by atoms with van der Waals surface area (Å²) in [6, 6.07) is 5.91. The molecule has 1 aromatic heterocycles. The van der Waals surface area contributed by atoms with E-state index in [1.165, 1.54) is 24.2 Å². The molecule has 26 heavy (non-hydrogen) atoms. The number of carbonyl (C=O) groups is 1. The predicted molar refractivity (Wildman–Crippen MR) is 106 cm³/mol. The lowest BCUT2D eigenvalue weighted by Crippen LogP contribution is -2.33. The molecule has 0 fully saturated rings. The quantitative estimate of drug-likeness (QED) is 0.622. The monoisotopic (exact) mass is 376 g/mol. The Balaban J connectivity index is 1.96. The van der Waals surface area contributed by atoms with Crippen molar-refractivity contribution in [1.29, 1.82) is 0 Å². The number of aromatic nitrogens is 1. The van der Waals surface area contributed by atoms with Gasteiger partial charge >= 0.3 is 0 Å². The molecular weight excluding hydrogens is 348 g/mol. The third-order valence-corrected chi connectivity index (χ3v) is 5.11. The number of benzene rings is 1. The SMILES string of the molecule is CCCCCC(C)NC(=O)Cc1csc(-c2ccc(OC)c(OC)c2)n1. The average molecular weight is 377 g/mol. The van der Waals surface area contributed by atoms with Crippen LogP contribution in [0.15, 0.2) is 23.6 Å². The largest absolute Gasteiger partial charge is 0.493 e. The molecule has 142 valence electrons. The van der Waals surface area contributed by atoms with E-state index in [0.717, 1.165) is 29.1 Å². The molecule has 0 aliphatic rings. The van der Waals surface area contributed by atoms with E-state index in [1.807, 2.05) is 23.6 Å². The van der Waals surface area contributed by atoms with Gasteiger partial charge in [-0.1, -0.05) is 26.2 Å². The van der Waals surface area contributed by atoms with Crippen LogP contribution < -0.4 is 14.8 Å². The maximum absolute atomic E-state index is 12.2. The first-order valence-corrected chi connectivity index (χ1v) is 9.91. The van der Waals surface area contributed by atoms with Gasteiger partial charge in [-0.15, -0.1) is 11.3 Å². The van der Waals surface area contributed by atoms with E-state index in [0.29, 0.717) is 17.9 Å². The molecule has 0 saturated heterocycles. The van der Waals surface area contributed by atoms with Crippen molar-refractivity contribution in [3.63, 3.8) is 0 Å². The molecule has 6 heteroatoms. The van der Waals surface area contributed by atoms with Crippen molar-refractivity contribution in [2.45, 2.75) is 52.0 Å². The fourth-order valence-electron chi connectivity index (χ4n) is 2.75. The van der Waals surface area contributed by atoms with Crippen LogP contribution in [0.4, 0.5) is 0 Å². The number of thiazole rings is 1. The van der Waals surface area contributed by atoms with Crippen molar-refractivity contribution >= 4 is 17.2 Å². The van der Waals surface area contributed by atoms with Gasteiger partial charge in [-0.2, -0.15) is 0 Å². The van der Waals surface area contributed by atoms with Crippen LogP contribution >= 0.6 is 11.3 Å². The van der Waals surface area contributed by atoms with Gasteiger partial charge in [0.05, 0.1) is 26.3 Å². The van der Waals surface area contributed by atoms with Crippen molar-refractivity contribution in [3.8, 4) is 22.1 Å². The minimum absolute atomic E-state index is 0.0261. The second-order valence-corrected chi connectivity index (χ2v) is 7.21. The molecule has 1 N–H and O–H groups in total. The molecule has 5 nitrogen and oxygen atoms in total. The van der Waals surface area contributed by atoms with Crippen LogP contribution in [-0.4, -0.2) is 31.2 Å². The maximum atomic E-state index is 12.2. The lowest BCUT2D eigenvalue weighted by molar-refractivity contribution is -0.121. The Hall–Kier alpha value is -2.08. The molecule has 0 aliphatic carbocycles. The molecule has 0 aliphatic heterocycles. The van der Waals surface area contributed by atoms with Crippen molar-refractivity contribution in [1.82, 2.24) is 10.3 Å². The molecular formula is C20H28N2O3S. The summed E-state index contributed by atoms with van der Waals surface area (Å²) in [5.74, 6) is 1.38. The first-order chi connectivity index (χ1) is 12.6. The summed E-state index contributed by atoms with van der Waals surface area (Å²) >= 11 is 1.53. The normalized spacial score (nSPS) is 11.8. The molecule has 2 aromatic rings. The minimum Gasteiger partial charge on any atom is -0.493 e. The Bertz CT molecular complexity index is 715. The summed E-state index contributed by atoms with van der Waals surface area (Å²) in [6.07, 6.45) is 4.88. The number of hydrogen-bond donors (Lipinski definition) is 1. The molecule has 1 atom stereocenters. The molecule has 2 rings (SSSR count). The van der Waals surface area contributed by atoms with Gasteiger partial charge in [-0.25, -0.2) is 4.98 Å². The summed E-state index contributed by atoms with van der Waals surface area (Å²) in [5.41, 5.74) is 1.74. The van der Waals surface area contributed by atoms with E-state index in [1.54, 1.807) is 14.2 Å². The number of amides is 1. The van der Waals surface area contributed by atoms with Crippen LogP contribution in [0.2, 0.25) is 0 Å². The number of carbonyl (C=O) groups excluding carboxylic acids is 1. The van der Waals surface area contributed by atoms with Gasteiger partial charge in [0.15, 0.2) is 11.5 Å². The van der Waals surface area contributed by atoms with E-state index < -0.39 is 0 Å². The zero-order valence-corrected chi connectivity index (χ0v) is 16.8. The smallest absolute Gasteiger partial charge is 0.226 e. The summed E-state index contributed by atoms with van der Waals surface area (Å²) in [6.45, 7) is 4.24. The molecule has 1 unspecified atom stereocenters. The summed E-state index contributed by atoms with van der Waals surface area (Å²) in [4.78, 5) is 16.8. The van der Waals surface area contributed by atoms with Gasteiger partial charge in [0, 0.05) is 17.0 Å². The Kier molecular flexibility index (Phi) is 7.91. The van der Waals surface area contributed by atoms with Crippen molar-refractivity contribution in [2.75, 3.05) is 14.2 Å². The summed E-state index contributed by atoms with van der Waals surface area (Å²) < 4.78 is 10.6. The first kappa shape index (κ1) is 20.2. The predicted octanol–water partition coefficient (Wildman–Crippen LogP) is 4.45. The van der Waals surface area contributed by atoms with Crippen LogP contribution in [0.5, 0.6) is 11.5 Å². The van der Waals surface area contributed by atoms with Gasteiger partial charge in [0.25, 0.3) is 0 Å². The van der Waals surface area contributed by atoms with Crippen molar-refractivity contribution in [2.24, 2.45) is 0 Å². The highest BCUT2D eigenvalue weighted by Gasteiger charge is 2.13. The Labute approximate surface area is 159 Å². The van der Waals surface area contributed by atoms with Gasteiger partial charge in [-0.3, -0.25) is 4.79 Å². The van der Waals surface area contributed by atoms with Crippen LogP contribution in [0, 0.1) is 0 Å². The summed E-state index contributed by atoms with van der Waals surface area (Å²) in [7, 11) is 3.22. The van der Waals surface area contributed by atoms with Gasteiger partial charge in [0.2, 0.25) is 5.91 Å². The number of unbranched alkanes of at least 4 members (excludes halogenated alkanes) is 2. The number of nitrogens with zero attached hydrogens (tertiary/aromatic N) is 1. The van der Waals surface area contributed by atoms with Gasteiger partial charge < -0.3 is 14.8 Å². The van der Waals surface area contributed by atoms with E-state index in [9.17, 15) is 4.79 Å². The van der Waals surface area contributed by atoms with E-state index in [-0.39, 0.29) is 11.9 Å². The number of rotatable bonds is 10. The molecule has 1 amide bonds. The van der Waals surface area contributed by atoms with E-state index in [4.69, 9.17) is 9.47 Å². The second-order valence-electron chi connectivity index (χ2n) is 6.35. The lowest BCUT2D eigenvalue weighted by atomic mass is 10.1. The van der Waals surface area contributed by atoms with E-state index in [2.05, 4.69) is 24.1 Å². The molecule has 1 heterocycles. The number of hydrogen-bond acceptors (Lipinski definition) is 5. The standard InChI is InChI=1S/C20H28N2O3S/c1-5-6-7-8-14(2)21-19(23)12-16-13-26-20(22-16)15-9-10-17(24-3)18(11-15)25-4/h9-11,13-14H,5-8,12H2,1-4H3,(H,21,23). The third kappa shape index (κ3) is 5.73. The third-order valence-electron chi connectivity index (χ3n) is 4.17. The zero-order chi connectivity index (χ0) is 18.9. The highest BCUT2D eigenvalue weighted by atomic mass is 32.1. The highest BCUT2D eigenvalue weighted by molar-refractivity contribution is 7.13. The average Bonchev–Trinajstić information content (AvgIpc) is 3.09. The van der Waals surface area contributed by atoms with Crippen LogP contribution in [0.3, 0.4) is 0 Å². The highest BCUT2D eigenvalue weighted by Crippen LogP contribution is 2.33. The molecule has 0 radical (unpaired) electrons. The van der Waals surface area contributed by atoms with Crippen LogP contribution in [0.1, 0.15) is 45.2 Å². The molecule has 0 bridgehead atoms. The fraction of sp³-hybridized carbons (Fsp3) is 0.500. The maximum Gasteiger partial charge on any atom is 0.226 e. The Morgan fingerprint density at radius 2 is 2.00 bits per heavy atom. The van der Waals surface area contributed by atoms with Crippen LogP contribution in [-0.2, 0) is 11.2 Å². The second kappa shape index (κ2) is 10.2. The van der Waals surface area contributed by atoms with Gasteiger partial charge in [-0.05, 0) is 31.5 Å². The lowest BCUT2D eigenvalue weighted by Gasteiger charge is -2.13. The zero-order valence-electron chi connectivity index (χ0n) is 16.0. The fourth-order valence-corrected chi connectivity index (χ4v) is 3.57. The minimum atomic E-state index is 0.0261. The molecule has 1 aromatic carbocycles. The topological polar surface area (TPSA) is 60.5 Å². The van der Waals surface area contributed by atoms with Crippen molar-refractivity contribution in [3.05, 3.63) is 29.3 Å². The van der Waals surface area contributed by atoms with Gasteiger partial charge in [0.1, 0.15) is 5.01 Å².